The van der Waals surface area contributed by atoms with Crippen LogP contribution in [-0.2, 0) is 11.8 Å². The molecule has 0 aromatic carbocycles. The molecule has 20 heavy (non-hydrogen) atoms. The second kappa shape index (κ2) is 6.43. The second-order valence-electron chi connectivity index (χ2n) is 5.80. The summed E-state index contributed by atoms with van der Waals surface area (Å²) in [4.78, 5) is 0. The number of hydrogen-bond acceptors (Lipinski definition) is 4. The van der Waals surface area contributed by atoms with E-state index >= 15 is 0 Å². The molecule has 1 aromatic heterocycles. The van der Waals surface area contributed by atoms with Crippen molar-refractivity contribution in [3.63, 3.8) is 0 Å². The highest BCUT2D eigenvalue weighted by Gasteiger charge is 2.45. The predicted octanol–water partition coefficient (Wildman–Crippen LogP) is 2.56. The number of hydrazine groups is 1. The van der Waals surface area contributed by atoms with E-state index in [1.807, 2.05) is 14.0 Å². The van der Waals surface area contributed by atoms with Crippen LogP contribution in [0.5, 0.6) is 0 Å². The van der Waals surface area contributed by atoms with Gasteiger partial charge in [0, 0.05) is 13.7 Å². The van der Waals surface area contributed by atoms with Crippen LogP contribution in [0.2, 0.25) is 5.02 Å². The van der Waals surface area contributed by atoms with Gasteiger partial charge in [-0.3, -0.25) is 10.5 Å². The van der Waals surface area contributed by atoms with Crippen molar-refractivity contribution in [2.45, 2.75) is 51.2 Å². The summed E-state index contributed by atoms with van der Waals surface area (Å²) in [7, 11) is 1.89. The van der Waals surface area contributed by atoms with Crippen molar-refractivity contribution < 1.29 is 4.74 Å². The number of nitrogens with two attached hydrogens (primary N) is 1. The number of rotatable bonds is 5. The molecule has 3 atom stereocenters. The highest BCUT2D eigenvalue weighted by molar-refractivity contribution is 6.31. The Morgan fingerprint density at radius 1 is 1.70 bits per heavy atom. The third kappa shape index (κ3) is 2.86. The fraction of sp³-hybridized carbons (Fsp3) is 0.786. The topological polar surface area (TPSA) is 65.1 Å². The Balaban J connectivity index is 2.39. The fourth-order valence-electron chi connectivity index (χ4n) is 3.53. The maximum atomic E-state index is 6.30. The minimum Gasteiger partial charge on any atom is -0.373 e. The highest BCUT2D eigenvalue weighted by atomic mass is 35.5. The molecule has 0 spiro atoms. The normalized spacial score (nSPS) is 28.6. The van der Waals surface area contributed by atoms with Crippen LogP contribution in [-0.4, -0.2) is 22.0 Å². The molecule has 5 nitrogen and oxygen atoms in total. The lowest BCUT2D eigenvalue weighted by molar-refractivity contribution is -0.103. The third-order valence-electron chi connectivity index (χ3n) is 4.33. The zero-order valence-corrected chi connectivity index (χ0v) is 13.3. The molecule has 1 aliphatic carbocycles. The first-order chi connectivity index (χ1) is 9.54. The number of hydrogen-bond donors (Lipinski definition) is 2. The molecule has 1 fully saturated rings. The Morgan fingerprint density at radius 2 is 2.45 bits per heavy atom. The van der Waals surface area contributed by atoms with E-state index < -0.39 is 0 Å². The zero-order chi connectivity index (χ0) is 14.8. The Kier molecular flexibility index (Phi) is 5.07. The number of aryl methyl sites for hydroxylation is 1. The Morgan fingerprint density at radius 3 is 2.95 bits per heavy atom. The minimum absolute atomic E-state index is 0.148. The number of ether oxygens (including phenoxy) is 1. The van der Waals surface area contributed by atoms with Crippen molar-refractivity contribution in [3.8, 4) is 0 Å². The molecule has 1 heterocycles. The molecule has 2 rings (SSSR count). The van der Waals surface area contributed by atoms with Crippen LogP contribution in [0.1, 0.15) is 51.3 Å². The number of nitrogens with zero attached hydrogens (tertiary/aromatic N) is 2. The first kappa shape index (κ1) is 15.8. The van der Waals surface area contributed by atoms with E-state index in [9.17, 15) is 0 Å². The molecule has 1 aromatic rings. The largest absolute Gasteiger partial charge is 0.373 e. The van der Waals surface area contributed by atoms with Crippen LogP contribution in [0.3, 0.4) is 0 Å². The van der Waals surface area contributed by atoms with E-state index in [1.54, 1.807) is 10.9 Å². The van der Waals surface area contributed by atoms with Crippen molar-refractivity contribution in [3.05, 3.63) is 16.9 Å². The molecule has 114 valence electrons. The van der Waals surface area contributed by atoms with Crippen LogP contribution in [0.25, 0.3) is 0 Å². The maximum absolute atomic E-state index is 6.30. The summed E-state index contributed by atoms with van der Waals surface area (Å²) in [6.45, 7) is 4.96. The van der Waals surface area contributed by atoms with Crippen molar-refractivity contribution in [1.29, 1.82) is 0 Å². The van der Waals surface area contributed by atoms with Gasteiger partial charge in [-0.05, 0) is 25.7 Å². The van der Waals surface area contributed by atoms with E-state index in [4.69, 9.17) is 22.2 Å². The molecule has 6 heteroatoms. The number of halogens is 1. The van der Waals surface area contributed by atoms with Gasteiger partial charge in [-0.15, -0.1) is 0 Å². The van der Waals surface area contributed by atoms with Gasteiger partial charge in [0.25, 0.3) is 0 Å². The summed E-state index contributed by atoms with van der Waals surface area (Å²) in [5.41, 5.74) is 3.52. The van der Waals surface area contributed by atoms with Crippen LogP contribution < -0.4 is 11.3 Å². The summed E-state index contributed by atoms with van der Waals surface area (Å²) in [6.07, 6.45) is 6.02. The van der Waals surface area contributed by atoms with Crippen LogP contribution in [0, 0.1) is 5.92 Å². The summed E-state index contributed by atoms with van der Waals surface area (Å²) in [5, 5.41) is 4.86. The van der Waals surface area contributed by atoms with E-state index in [0.717, 1.165) is 25.0 Å². The lowest BCUT2D eigenvalue weighted by Gasteiger charge is -2.45. The SMILES string of the molecule is CCOC1(C(NN)c2c(Cl)cnn2C)CCCC(C)C1. The molecule has 0 radical (unpaired) electrons. The van der Waals surface area contributed by atoms with Gasteiger partial charge in [0.05, 0.1) is 28.6 Å². The quantitative estimate of drug-likeness (QED) is 0.648. The molecular formula is C14H25ClN4O. The summed E-state index contributed by atoms with van der Waals surface area (Å²) >= 11 is 6.30. The minimum atomic E-state index is -0.307. The molecule has 3 unspecified atom stereocenters. The fourth-order valence-corrected chi connectivity index (χ4v) is 3.81. The van der Waals surface area contributed by atoms with Crippen LogP contribution in [0.15, 0.2) is 6.20 Å². The van der Waals surface area contributed by atoms with Crippen molar-refractivity contribution in [2.75, 3.05) is 6.61 Å². The standard InChI is InChI=1S/C14H25ClN4O/c1-4-20-14(7-5-6-10(2)8-14)13(18-16)12-11(15)9-17-19(12)3/h9-10,13,18H,4-8,16H2,1-3H3. The molecule has 1 aliphatic rings. The van der Waals surface area contributed by atoms with Gasteiger partial charge in [0.15, 0.2) is 0 Å². The highest BCUT2D eigenvalue weighted by Crippen LogP contribution is 2.44. The molecular weight excluding hydrogens is 276 g/mol. The average Bonchev–Trinajstić information content (AvgIpc) is 2.72. The summed E-state index contributed by atoms with van der Waals surface area (Å²) in [6, 6.07) is -0.148. The molecule has 3 N–H and O–H groups in total. The van der Waals surface area contributed by atoms with Crippen LogP contribution in [0.4, 0.5) is 0 Å². The maximum Gasteiger partial charge on any atom is 0.0933 e. The lowest BCUT2D eigenvalue weighted by atomic mass is 9.73. The van der Waals surface area contributed by atoms with Crippen molar-refractivity contribution in [2.24, 2.45) is 18.8 Å². The second-order valence-corrected chi connectivity index (χ2v) is 6.21. The first-order valence-corrected chi connectivity index (χ1v) is 7.69. The van der Waals surface area contributed by atoms with Crippen molar-refractivity contribution in [1.82, 2.24) is 15.2 Å². The lowest BCUT2D eigenvalue weighted by Crippen LogP contribution is -2.51. The Labute approximate surface area is 125 Å². The Hall–Kier alpha value is -0.620. The van der Waals surface area contributed by atoms with Gasteiger partial charge in [0.1, 0.15) is 0 Å². The molecule has 0 aliphatic heterocycles. The molecule has 1 saturated carbocycles. The zero-order valence-electron chi connectivity index (χ0n) is 12.5. The Bertz CT molecular complexity index is 427. The summed E-state index contributed by atoms with van der Waals surface area (Å²) in [5.74, 6) is 6.49. The van der Waals surface area contributed by atoms with Gasteiger partial charge in [-0.1, -0.05) is 31.4 Å². The van der Waals surface area contributed by atoms with Crippen molar-refractivity contribution >= 4 is 11.6 Å². The average molecular weight is 301 g/mol. The monoisotopic (exact) mass is 300 g/mol. The van der Waals surface area contributed by atoms with Gasteiger partial charge < -0.3 is 4.74 Å². The van der Waals surface area contributed by atoms with E-state index in [2.05, 4.69) is 17.4 Å². The van der Waals surface area contributed by atoms with Gasteiger partial charge in [-0.2, -0.15) is 5.10 Å². The van der Waals surface area contributed by atoms with E-state index in [-0.39, 0.29) is 11.6 Å². The van der Waals surface area contributed by atoms with E-state index in [1.165, 1.54) is 6.42 Å². The van der Waals surface area contributed by atoms with Gasteiger partial charge in [0.2, 0.25) is 0 Å². The molecule has 0 bridgehead atoms. The van der Waals surface area contributed by atoms with Gasteiger partial charge in [-0.25, -0.2) is 5.43 Å². The third-order valence-corrected chi connectivity index (χ3v) is 4.62. The van der Waals surface area contributed by atoms with Gasteiger partial charge >= 0.3 is 0 Å². The number of aromatic nitrogens is 2. The first-order valence-electron chi connectivity index (χ1n) is 7.31. The molecule has 0 amide bonds. The van der Waals surface area contributed by atoms with Crippen LogP contribution >= 0.6 is 11.6 Å². The summed E-state index contributed by atoms with van der Waals surface area (Å²) < 4.78 is 7.97. The molecule has 0 saturated heterocycles. The predicted molar refractivity (Wildman–Crippen MR) is 80.3 cm³/mol. The number of nitrogens with one attached hydrogen (secondary N) is 1. The van der Waals surface area contributed by atoms with E-state index in [0.29, 0.717) is 17.5 Å². The smallest absolute Gasteiger partial charge is 0.0933 e.